The summed E-state index contributed by atoms with van der Waals surface area (Å²) < 4.78 is 0. The highest BCUT2D eigenvalue weighted by Gasteiger charge is 2.34. The molecule has 2 fully saturated rings. The van der Waals surface area contributed by atoms with E-state index < -0.39 is 0 Å². The van der Waals surface area contributed by atoms with Crippen LogP contribution in [0.4, 0.5) is 11.6 Å². The average molecular weight is 445 g/mol. The molecule has 3 heterocycles. The van der Waals surface area contributed by atoms with Crippen LogP contribution in [-0.4, -0.2) is 52.2 Å². The number of carbonyl (C=O) groups excluding carboxylic acids is 1. The number of amides is 1. The molecule has 33 heavy (non-hydrogen) atoms. The van der Waals surface area contributed by atoms with Gasteiger partial charge in [-0.25, -0.2) is 4.98 Å². The quantitative estimate of drug-likeness (QED) is 0.636. The summed E-state index contributed by atoms with van der Waals surface area (Å²) in [4.78, 5) is 21.4. The second-order valence-corrected chi connectivity index (χ2v) is 9.46. The molecule has 1 saturated carbocycles. The lowest BCUT2D eigenvalue weighted by molar-refractivity contribution is -0.132. The molecule has 3 aromatic rings. The molecule has 0 unspecified atom stereocenters. The van der Waals surface area contributed by atoms with Crippen LogP contribution < -0.4 is 10.2 Å². The summed E-state index contributed by atoms with van der Waals surface area (Å²) >= 11 is 0. The maximum Gasteiger partial charge on any atom is 0.225 e. The van der Waals surface area contributed by atoms with Crippen molar-refractivity contribution in [1.82, 2.24) is 20.1 Å². The van der Waals surface area contributed by atoms with E-state index in [9.17, 15) is 4.79 Å². The number of carbonyl (C=O) groups is 1. The minimum atomic E-state index is 0.0960. The van der Waals surface area contributed by atoms with Crippen molar-refractivity contribution in [2.75, 3.05) is 36.4 Å². The number of hydrogen-bond donors (Lipinski definition) is 1. The molecule has 7 heteroatoms. The zero-order chi connectivity index (χ0) is 23.1. The number of nitrogens with one attached hydrogen (secondary N) is 1. The number of pyridine rings is 1. The van der Waals surface area contributed by atoms with Crippen LogP contribution in [0.3, 0.4) is 0 Å². The summed E-state index contributed by atoms with van der Waals surface area (Å²) in [5.74, 6) is 2.31. The summed E-state index contributed by atoms with van der Waals surface area (Å²) in [7, 11) is 0. The van der Waals surface area contributed by atoms with Gasteiger partial charge >= 0.3 is 0 Å². The zero-order valence-electron chi connectivity index (χ0n) is 19.9. The molecule has 0 bridgehead atoms. The van der Waals surface area contributed by atoms with Crippen molar-refractivity contribution in [2.45, 2.75) is 46.6 Å². The van der Waals surface area contributed by atoms with Gasteiger partial charge < -0.3 is 15.1 Å². The van der Waals surface area contributed by atoms with E-state index in [-0.39, 0.29) is 12.0 Å². The molecule has 1 atom stereocenters. The number of fused-ring (bicyclic) bond motifs is 1. The lowest BCUT2D eigenvalue weighted by Crippen LogP contribution is -2.49. The first-order chi connectivity index (χ1) is 15.9. The monoisotopic (exact) mass is 444 g/mol. The Kier molecular flexibility index (Phi) is 5.64. The van der Waals surface area contributed by atoms with Crippen LogP contribution in [0.25, 0.3) is 10.8 Å². The molecule has 1 aliphatic carbocycles. The maximum absolute atomic E-state index is 12.4. The first-order valence-electron chi connectivity index (χ1n) is 11.9. The molecule has 7 nitrogen and oxygen atoms in total. The van der Waals surface area contributed by atoms with E-state index >= 15 is 0 Å². The Morgan fingerprint density at radius 3 is 2.55 bits per heavy atom. The molecule has 1 aromatic carbocycles. The van der Waals surface area contributed by atoms with Crippen molar-refractivity contribution in [1.29, 1.82) is 0 Å². The van der Waals surface area contributed by atoms with Crippen LogP contribution in [0.2, 0.25) is 0 Å². The number of rotatable bonds is 5. The molecule has 2 aromatic heterocycles. The van der Waals surface area contributed by atoms with E-state index in [0.29, 0.717) is 5.91 Å². The Labute approximate surface area is 195 Å². The van der Waals surface area contributed by atoms with Crippen molar-refractivity contribution in [3.63, 3.8) is 0 Å². The van der Waals surface area contributed by atoms with Crippen LogP contribution in [-0.2, 0) is 4.79 Å². The molecule has 1 aliphatic heterocycles. The number of aryl methyl sites for hydroxylation is 2. The topological polar surface area (TPSA) is 74.2 Å². The SMILES string of the molecule is Cc1cccc([C@@H](C)Nc2nnc(C)c3cnc(N4CCN(C(=O)C5CC5)CC4)cc23)c1C. The molecule has 0 spiro atoms. The van der Waals surface area contributed by atoms with Crippen LogP contribution in [0, 0.1) is 26.7 Å². The first-order valence-corrected chi connectivity index (χ1v) is 11.9. The van der Waals surface area contributed by atoms with Crippen LogP contribution in [0.1, 0.15) is 48.2 Å². The Bertz CT molecular complexity index is 1200. The van der Waals surface area contributed by atoms with Gasteiger partial charge in [0.1, 0.15) is 5.82 Å². The minimum absolute atomic E-state index is 0.0960. The van der Waals surface area contributed by atoms with Crippen molar-refractivity contribution in [3.05, 3.63) is 52.8 Å². The van der Waals surface area contributed by atoms with Crippen LogP contribution in [0.5, 0.6) is 0 Å². The second kappa shape index (κ2) is 8.61. The number of aromatic nitrogens is 3. The van der Waals surface area contributed by atoms with E-state index in [2.05, 4.69) is 65.5 Å². The Morgan fingerprint density at radius 1 is 1.06 bits per heavy atom. The third-order valence-corrected chi connectivity index (χ3v) is 7.14. The van der Waals surface area contributed by atoms with Gasteiger partial charge in [-0.2, -0.15) is 5.10 Å². The number of hydrogen-bond acceptors (Lipinski definition) is 6. The highest BCUT2D eigenvalue weighted by molar-refractivity contribution is 5.94. The molecule has 1 saturated heterocycles. The number of piperazine rings is 1. The average Bonchev–Trinajstić information content (AvgIpc) is 3.67. The Balaban J connectivity index is 1.40. The first kappa shape index (κ1) is 21.6. The fourth-order valence-electron chi connectivity index (χ4n) is 4.71. The molecule has 2 aliphatic rings. The summed E-state index contributed by atoms with van der Waals surface area (Å²) in [5.41, 5.74) is 4.71. The summed E-state index contributed by atoms with van der Waals surface area (Å²) in [5, 5.41) is 14.5. The smallest absolute Gasteiger partial charge is 0.225 e. The van der Waals surface area contributed by atoms with E-state index in [1.165, 1.54) is 16.7 Å². The summed E-state index contributed by atoms with van der Waals surface area (Å²) in [6.07, 6.45) is 4.02. The van der Waals surface area contributed by atoms with E-state index in [1.54, 1.807) is 0 Å². The Morgan fingerprint density at radius 2 is 1.82 bits per heavy atom. The third-order valence-electron chi connectivity index (χ3n) is 7.14. The van der Waals surface area contributed by atoms with Crippen molar-refractivity contribution in [3.8, 4) is 0 Å². The van der Waals surface area contributed by atoms with Crippen molar-refractivity contribution >= 4 is 28.3 Å². The number of anilines is 2. The van der Waals surface area contributed by atoms with E-state index in [4.69, 9.17) is 4.98 Å². The van der Waals surface area contributed by atoms with E-state index in [0.717, 1.165) is 67.1 Å². The summed E-state index contributed by atoms with van der Waals surface area (Å²) in [6.45, 7) is 11.6. The Hall–Kier alpha value is -3.22. The lowest BCUT2D eigenvalue weighted by atomic mass is 9.98. The van der Waals surface area contributed by atoms with Gasteiger partial charge in [0, 0.05) is 49.1 Å². The largest absolute Gasteiger partial charge is 0.362 e. The third kappa shape index (κ3) is 4.24. The van der Waals surface area contributed by atoms with Gasteiger partial charge in [-0.3, -0.25) is 4.79 Å². The fourth-order valence-corrected chi connectivity index (χ4v) is 4.71. The van der Waals surface area contributed by atoms with Gasteiger partial charge in [0.25, 0.3) is 0 Å². The molecule has 0 radical (unpaired) electrons. The predicted octanol–water partition coefficient (Wildman–Crippen LogP) is 4.18. The number of benzene rings is 1. The van der Waals surface area contributed by atoms with Gasteiger partial charge in [-0.05, 0) is 63.3 Å². The van der Waals surface area contributed by atoms with Gasteiger partial charge in [0.05, 0.1) is 11.7 Å². The van der Waals surface area contributed by atoms with Crippen LogP contribution in [0.15, 0.2) is 30.5 Å². The van der Waals surface area contributed by atoms with Gasteiger partial charge in [0.15, 0.2) is 5.82 Å². The lowest BCUT2D eigenvalue weighted by Gasteiger charge is -2.35. The fraction of sp³-hybridized carbons (Fsp3) is 0.462. The zero-order valence-corrected chi connectivity index (χ0v) is 19.9. The molecule has 1 amide bonds. The highest BCUT2D eigenvalue weighted by Crippen LogP contribution is 2.32. The van der Waals surface area contributed by atoms with E-state index in [1.807, 2.05) is 18.0 Å². The standard InChI is InChI=1S/C26H32N6O/c1-16-6-5-7-21(17(16)2)18(3)28-25-22-14-24(27-15-23(22)19(4)29-30-25)31-10-12-32(13-11-31)26(33)20-8-9-20/h5-7,14-15,18,20H,8-13H2,1-4H3,(H,28,30)/t18-/m1/s1. The predicted molar refractivity (Wildman–Crippen MR) is 132 cm³/mol. The maximum atomic E-state index is 12.4. The minimum Gasteiger partial charge on any atom is -0.362 e. The highest BCUT2D eigenvalue weighted by atomic mass is 16.2. The van der Waals surface area contributed by atoms with Gasteiger partial charge in [0.2, 0.25) is 5.91 Å². The van der Waals surface area contributed by atoms with Crippen molar-refractivity contribution in [2.24, 2.45) is 5.92 Å². The molecular weight excluding hydrogens is 412 g/mol. The van der Waals surface area contributed by atoms with Crippen molar-refractivity contribution < 1.29 is 4.79 Å². The normalized spacial score (nSPS) is 17.3. The van der Waals surface area contributed by atoms with Gasteiger partial charge in [-0.1, -0.05) is 18.2 Å². The molecule has 172 valence electrons. The second-order valence-electron chi connectivity index (χ2n) is 9.46. The molecule has 5 rings (SSSR count). The molecular formula is C26H32N6O. The summed E-state index contributed by atoms with van der Waals surface area (Å²) in [6, 6.07) is 8.62. The number of nitrogens with zero attached hydrogens (tertiary/aromatic N) is 5. The molecule has 1 N–H and O–H groups in total. The van der Waals surface area contributed by atoms with Gasteiger partial charge in [-0.15, -0.1) is 5.10 Å². The van der Waals surface area contributed by atoms with Crippen LogP contribution >= 0.6 is 0 Å².